The summed E-state index contributed by atoms with van der Waals surface area (Å²) in [5, 5.41) is 0. The second kappa shape index (κ2) is 5.66. The minimum Gasteiger partial charge on any atom is -0.295 e. The standard InChI is InChI=1S/C16H14INO3S/c1-11(19)12-6-7-15-13(10-12)8-9-18(15)22(20,21)16-5-3-2-4-14(16)17/h2-7,10H,8-9H2,1H3. The number of halogens is 1. The van der Waals surface area contributed by atoms with E-state index < -0.39 is 10.0 Å². The number of rotatable bonds is 3. The normalized spacial score (nSPS) is 14.0. The Labute approximate surface area is 143 Å². The molecule has 0 aromatic heterocycles. The molecule has 1 heterocycles. The quantitative estimate of drug-likeness (QED) is 0.559. The molecule has 3 rings (SSSR count). The van der Waals surface area contributed by atoms with Crippen molar-refractivity contribution < 1.29 is 13.2 Å². The fourth-order valence-electron chi connectivity index (χ4n) is 2.61. The van der Waals surface area contributed by atoms with Crippen LogP contribution in [0.1, 0.15) is 22.8 Å². The summed E-state index contributed by atoms with van der Waals surface area (Å²) >= 11 is 2.04. The van der Waals surface area contributed by atoms with Gasteiger partial charge in [-0.15, -0.1) is 0 Å². The molecule has 0 saturated heterocycles. The summed E-state index contributed by atoms with van der Waals surface area (Å²) in [7, 11) is -3.57. The van der Waals surface area contributed by atoms with Gasteiger partial charge in [-0.25, -0.2) is 8.42 Å². The first-order valence-corrected chi connectivity index (χ1v) is 9.34. The monoisotopic (exact) mass is 427 g/mol. The molecule has 22 heavy (non-hydrogen) atoms. The van der Waals surface area contributed by atoms with Gasteiger partial charge in [0.05, 0.1) is 5.69 Å². The van der Waals surface area contributed by atoms with E-state index >= 15 is 0 Å². The molecule has 2 aromatic carbocycles. The van der Waals surface area contributed by atoms with E-state index in [1.54, 1.807) is 36.4 Å². The second-order valence-corrected chi connectivity index (χ2v) is 8.15. The molecule has 1 aliphatic rings. The molecule has 4 nitrogen and oxygen atoms in total. The van der Waals surface area contributed by atoms with E-state index in [-0.39, 0.29) is 5.78 Å². The molecule has 0 radical (unpaired) electrons. The van der Waals surface area contributed by atoms with Crippen LogP contribution in [0.5, 0.6) is 0 Å². The minimum atomic E-state index is -3.57. The average Bonchev–Trinajstić information content (AvgIpc) is 2.91. The average molecular weight is 427 g/mol. The predicted octanol–water partition coefficient (Wildman–Crippen LogP) is 3.25. The Hall–Kier alpha value is -1.41. The summed E-state index contributed by atoms with van der Waals surface area (Å²) in [6, 6.07) is 12.2. The topological polar surface area (TPSA) is 54.5 Å². The molecular formula is C16H14INO3S. The van der Waals surface area contributed by atoms with Crippen LogP contribution < -0.4 is 4.31 Å². The fraction of sp³-hybridized carbons (Fsp3) is 0.188. The van der Waals surface area contributed by atoms with Crippen LogP contribution in [0.15, 0.2) is 47.4 Å². The number of Topliss-reactive ketones (excluding diaryl/α,β-unsaturated/α-hetero) is 1. The Morgan fingerprint density at radius 1 is 1.18 bits per heavy atom. The Morgan fingerprint density at radius 2 is 1.91 bits per heavy atom. The van der Waals surface area contributed by atoms with Gasteiger partial charge in [0.15, 0.2) is 5.78 Å². The highest BCUT2D eigenvalue weighted by molar-refractivity contribution is 14.1. The van der Waals surface area contributed by atoms with E-state index in [0.29, 0.717) is 32.7 Å². The van der Waals surface area contributed by atoms with Crippen LogP contribution in [0.2, 0.25) is 0 Å². The smallest absolute Gasteiger partial charge is 0.265 e. The van der Waals surface area contributed by atoms with Gasteiger partial charge in [-0.2, -0.15) is 0 Å². The molecule has 114 valence electrons. The van der Waals surface area contributed by atoms with Crippen LogP contribution in [0.4, 0.5) is 5.69 Å². The van der Waals surface area contributed by atoms with E-state index in [0.717, 1.165) is 5.56 Å². The highest BCUT2D eigenvalue weighted by atomic mass is 127. The molecule has 0 fully saturated rings. The van der Waals surface area contributed by atoms with Crippen molar-refractivity contribution in [1.82, 2.24) is 0 Å². The molecule has 0 spiro atoms. The van der Waals surface area contributed by atoms with Crippen molar-refractivity contribution >= 4 is 44.1 Å². The summed E-state index contributed by atoms with van der Waals surface area (Å²) in [6.07, 6.45) is 0.624. The van der Waals surface area contributed by atoms with Gasteiger partial charge in [-0.3, -0.25) is 9.10 Å². The molecule has 0 aliphatic carbocycles. The van der Waals surface area contributed by atoms with E-state index in [2.05, 4.69) is 0 Å². The van der Waals surface area contributed by atoms with E-state index in [1.807, 2.05) is 28.7 Å². The first-order chi connectivity index (χ1) is 10.4. The maximum absolute atomic E-state index is 12.9. The number of ketones is 1. The van der Waals surface area contributed by atoms with Crippen LogP contribution in [-0.2, 0) is 16.4 Å². The van der Waals surface area contributed by atoms with Crippen LogP contribution in [0.3, 0.4) is 0 Å². The first kappa shape index (κ1) is 15.5. The minimum absolute atomic E-state index is 0.0123. The van der Waals surface area contributed by atoms with Crippen LogP contribution >= 0.6 is 22.6 Å². The van der Waals surface area contributed by atoms with Crippen LogP contribution in [-0.4, -0.2) is 20.7 Å². The fourth-order valence-corrected chi connectivity index (χ4v) is 5.41. The molecule has 0 bridgehead atoms. The zero-order valence-corrected chi connectivity index (χ0v) is 14.9. The molecule has 0 amide bonds. The number of carbonyl (C=O) groups excluding carboxylic acids is 1. The van der Waals surface area contributed by atoms with Crippen LogP contribution in [0.25, 0.3) is 0 Å². The first-order valence-electron chi connectivity index (χ1n) is 6.82. The number of hydrogen-bond donors (Lipinski definition) is 0. The largest absolute Gasteiger partial charge is 0.295 e. The number of carbonyl (C=O) groups is 1. The van der Waals surface area contributed by atoms with Gasteiger partial charge in [-0.1, -0.05) is 12.1 Å². The second-order valence-electron chi connectivity index (χ2n) is 5.16. The lowest BCUT2D eigenvalue weighted by Crippen LogP contribution is -2.29. The summed E-state index contributed by atoms with van der Waals surface area (Å²) < 4.78 is 27.9. The lowest BCUT2D eigenvalue weighted by Gasteiger charge is -2.20. The zero-order chi connectivity index (χ0) is 15.9. The number of anilines is 1. The molecule has 0 unspecified atom stereocenters. The van der Waals surface area contributed by atoms with Crippen molar-refractivity contribution in [3.63, 3.8) is 0 Å². The molecule has 0 atom stereocenters. The Kier molecular flexibility index (Phi) is 3.98. The summed E-state index contributed by atoms with van der Waals surface area (Å²) in [5.41, 5.74) is 2.19. The summed E-state index contributed by atoms with van der Waals surface area (Å²) in [5.74, 6) is -0.0123. The van der Waals surface area contributed by atoms with Crippen molar-refractivity contribution in [2.45, 2.75) is 18.2 Å². The van der Waals surface area contributed by atoms with Crippen molar-refractivity contribution in [2.75, 3.05) is 10.8 Å². The number of benzene rings is 2. The number of sulfonamides is 1. The lowest BCUT2D eigenvalue weighted by molar-refractivity contribution is 0.101. The highest BCUT2D eigenvalue weighted by Crippen LogP contribution is 2.34. The van der Waals surface area contributed by atoms with Gasteiger partial charge in [0.2, 0.25) is 0 Å². The van der Waals surface area contributed by atoms with Gasteiger partial charge < -0.3 is 0 Å². The molecule has 0 N–H and O–H groups in total. The van der Waals surface area contributed by atoms with E-state index in [9.17, 15) is 13.2 Å². The van der Waals surface area contributed by atoms with Gasteiger partial charge in [0.25, 0.3) is 10.0 Å². The Bertz CT molecular complexity index is 861. The highest BCUT2D eigenvalue weighted by Gasteiger charge is 2.32. The molecule has 2 aromatic rings. The van der Waals surface area contributed by atoms with Crippen molar-refractivity contribution in [1.29, 1.82) is 0 Å². The third-order valence-electron chi connectivity index (χ3n) is 3.74. The maximum Gasteiger partial charge on any atom is 0.265 e. The lowest BCUT2D eigenvalue weighted by atomic mass is 10.1. The van der Waals surface area contributed by atoms with E-state index in [1.165, 1.54) is 11.2 Å². The number of hydrogen-bond acceptors (Lipinski definition) is 3. The van der Waals surface area contributed by atoms with Gasteiger partial charge in [-0.05, 0) is 71.8 Å². The zero-order valence-electron chi connectivity index (χ0n) is 11.9. The van der Waals surface area contributed by atoms with Gasteiger partial charge in [0, 0.05) is 15.7 Å². The third-order valence-corrected chi connectivity index (χ3v) is 6.92. The summed E-state index contributed by atoms with van der Waals surface area (Å²) in [6.45, 7) is 1.92. The third kappa shape index (κ3) is 2.54. The number of fused-ring (bicyclic) bond motifs is 1. The SMILES string of the molecule is CC(=O)c1ccc2c(c1)CCN2S(=O)(=O)c1ccccc1I. The van der Waals surface area contributed by atoms with E-state index in [4.69, 9.17) is 0 Å². The molecule has 1 aliphatic heterocycles. The van der Waals surface area contributed by atoms with Crippen molar-refractivity contribution in [3.8, 4) is 0 Å². The summed E-state index contributed by atoms with van der Waals surface area (Å²) in [4.78, 5) is 11.8. The Morgan fingerprint density at radius 3 is 2.59 bits per heavy atom. The van der Waals surface area contributed by atoms with Crippen molar-refractivity contribution in [3.05, 3.63) is 57.2 Å². The number of nitrogens with zero attached hydrogens (tertiary/aromatic N) is 1. The predicted molar refractivity (Wildman–Crippen MR) is 93.8 cm³/mol. The van der Waals surface area contributed by atoms with Crippen molar-refractivity contribution in [2.24, 2.45) is 0 Å². The van der Waals surface area contributed by atoms with Gasteiger partial charge in [0.1, 0.15) is 4.90 Å². The van der Waals surface area contributed by atoms with Crippen LogP contribution in [0, 0.1) is 3.57 Å². The maximum atomic E-state index is 12.9. The van der Waals surface area contributed by atoms with Gasteiger partial charge >= 0.3 is 0 Å². The Balaban J connectivity index is 2.07. The molecule has 6 heteroatoms. The molecular weight excluding hydrogens is 413 g/mol. The molecule has 0 saturated carbocycles.